The van der Waals surface area contributed by atoms with Crippen LogP contribution in [0.25, 0.3) is 0 Å². The summed E-state index contributed by atoms with van der Waals surface area (Å²) in [5, 5.41) is 1.08. The highest BCUT2D eigenvalue weighted by Gasteiger charge is 2.38. The Morgan fingerprint density at radius 1 is 1.40 bits per heavy atom. The number of alkyl halides is 1. The molecule has 1 saturated carbocycles. The molecule has 80 valence electrons. The highest BCUT2D eigenvalue weighted by Crippen LogP contribution is 2.51. The molecule has 2 rings (SSSR count). The average molecular weight is 265 g/mol. The lowest BCUT2D eigenvalue weighted by Gasteiger charge is -2.00. The number of rotatable bonds is 4. The molecule has 0 bridgehead atoms. The Labute approximate surface area is 101 Å². The first kappa shape index (κ1) is 10.9. The highest BCUT2D eigenvalue weighted by molar-refractivity contribution is 9.09. The van der Waals surface area contributed by atoms with E-state index in [1.165, 1.54) is 12.0 Å². The zero-order valence-electron chi connectivity index (χ0n) is 9.12. The van der Waals surface area contributed by atoms with Gasteiger partial charge in [0.15, 0.2) is 0 Å². The third kappa shape index (κ3) is 2.72. The van der Waals surface area contributed by atoms with Crippen molar-refractivity contribution in [2.75, 3.05) is 5.33 Å². The third-order valence-electron chi connectivity index (χ3n) is 3.18. The average Bonchev–Trinajstić information content (AvgIpc) is 3.07. The zero-order chi connectivity index (χ0) is 10.7. The van der Waals surface area contributed by atoms with Crippen molar-refractivity contribution < 1.29 is 0 Å². The Kier molecular flexibility index (Phi) is 3.63. The Hall–Kier alpha value is -0.560. The summed E-state index contributed by atoms with van der Waals surface area (Å²) in [6.45, 7) is 2.27. The summed E-state index contributed by atoms with van der Waals surface area (Å²) in [5.41, 5.74) is 3.08. The van der Waals surface area contributed by atoms with E-state index in [4.69, 9.17) is 0 Å². The Morgan fingerprint density at radius 3 is 2.80 bits per heavy atom. The van der Waals surface area contributed by atoms with E-state index in [2.05, 4.69) is 59.3 Å². The van der Waals surface area contributed by atoms with E-state index in [-0.39, 0.29) is 0 Å². The molecule has 1 aliphatic rings. The van der Waals surface area contributed by atoms with Crippen molar-refractivity contribution >= 4 is 15.9 Å². The lowest BCUT2D eigenvalue weighted by Crippen LogP contribution is -1.85. The fourth-order valence-corrected chi connectivity index (χ4v) is 2.43. The van der Waals surface area contributed by atoms with Gasteiger partial charge in [-0.05, 0) is 37.2 Å². The minimum absolute atomic E-state index is 0.790. The first-order valence-corrected chi connectivity index (χ1v) is 6.72. The van der Waals surface area contributed by atoms with Crippen molar-refractivity contribution in [1.29, 1.82) is 0 Å². The molecule has 0 saturated heterocycles. The summed E-state index contributed by atoms with van der Waals surface area (Å²) in [7, 11) is 0. The Morgan fingerprint density at radius 2 is 2.13 bits per heavy atom. The summed E-state index contributed by atoms with van der Waals surface area (Å²) in [6, 6.07) is 10.9. The van der Waals surface area contributed by atoms with E-state index >= 15 is 0 Å². The van der Waals surface area contributed by atoms with E-state index < -0.39 is 0 Å². The summed E-state index contributed by atoms with van der Waals surface area (Å²) in [6.07, 6.45) is 4.88. The summed E-state index contributed by atoms with van der Waals surface area (Å²) >= 11 is 3.46. The zero-order valence-corrected chi connectivity index (χ0v) is 10.7. The van der Waals surface area contributed by atoms with Crippen molar-refractivity contribution in [3.8, 4) is 0 Å². The van der Waals surface area contributed by atoms with Gasteiger partial charge in [-0.2, -0.15) is 0 Å². The topological polar surface area (TPSA) is 0 Å². The minimum atomic E-state index is 0.790. The van der Waals surface area contributed by atoms with Crippen LogP contribution in [0.4, 0.5) is 0 Å². The first-order valence-electron chi connectivity index (χ1n) is 5.60. The summed E-state index contributed by atoms with van der Waals surface area (Å²) < 4.78 is 0. The molecule has 1 aliphatic carbocycles. The smallest absolute Gasteiger partial charge is 0.00660 e. The molecule has 2 unspecified atom stereocenters. The quantitative estimate of drug-likeness (QED) is 0.554. The molecular weight excluding hydrogens is 248 g/mol. The fraction of sp³-hybridized carbons (Fsp3) is 0.429. The largest absolute Gasteiger partial charge is 0.0925 e. The molecule has 0 amide bonds. The second kappa shape index (κ2) is 4.98. The molecular formula is C14H17Br. The van der Waals surface area contributed by atoms with Gasteiger partial charge in [-0.15, -0.1) is 0 Å². The molecule has 2 atom stereocenters. The van der Waals surface area contributed by atoms with Crippen molar-refractivity contribution in [2.45, 2.75) is 25.7 Å². The van der Waals surface area contributed by atoms with Gasteiger partial charge in [-0.3, -0.25) is 0 Å². The standard InChI is InChI=1S/C14H17Br/c1-11(6-5-9-15)13-10-14(13)12-7-3-2-4-8-12/h2-4,6-8,13-14H,5,9-10H2,1H3/b11-6-. The van der Waals surface area contributed by atoms with Crippen LogP contribution in [-0.2, 0) is 0 Å². The minimum Gasteiger partial charge on any atom is -0.0925 e. The van der Waals surface area contributed by atoms with Gasteiger partial charge in [0.2, 0.25) is 0 Å². The summed E-state index contributed by atoms with van der Waals surface area (Å²) in [4.78, 5) is 0. The molecule has 15 heavy (non-hydrogen) atoms. The van der Waals surface area contributed by atoms with Crippen LogP contribution in [0.2, 0.25) is 0 Å². The van der Waals surface area contributed by atoms with Crippen molar-refractivity contribution in [1.82, 2.24) is 0 Å². The van der Waals surface area contributed by atoms with E-state index in [9.17, 15) is 0 Å². The second-order valence-electron chi connectivity index (χ2n) is 4.29. The maximum atomic E-state index is 3.46. The van der Waals surface area contributed by atoms with Crippen LogP contribution in [0.1, 0.15) is 31.2 Å². The lowest BCUT2D eigenvalue weighted by molar-refractivity contribution is 0.926. The lowest BCUT2D eigenvalue weighted by atomic mass is 10.1. The van der Waals surface area contributed by atoms with Crippen LogP contribution in [0.5, 0.6) is 0 Å². The molecule has 0 radical (unpaired) electrons. The molecule has 1 fully saturated rings. The van der Waals surface area contributed by atoms with Crippen LogP contribution >= 0.6 is 15.9 Å². The van der Waals surface area contributed by atoms with Crippen LogP contribution in [0.3, 0.4) is 0 Å². The second-order valence-corrected chi connectivity index (χ2v) is 5.08. The number of allylic oxidation sites excluding steroid dienone is 2. The molecule has 1 heteroatoms. The first-order chi connectivity index (χ1) is 7.33. The number of benzene rings is 1. The molecule has 1 aromatic rings. The normalized spacial score (nSPS) is 25.3. The van der Waals surface area contributed by atoms with Crippen LogP contribution in [0.15, 0.2) is 42.0 Å². The molecule has 0 heterocycles. The van der Waals surface area contributed by atoms with Gasteiger partial charge in [0.1, 0.15) is 0 Å². The van der Waals surface area contributed by atoms with E-state index in [1.54, 1.807) is 5.57 Å². The SMILES string of the molecule is C/C(=C/CCBr)C1CC1c1ccccc1. The molecule has 0 nitrogen and oxygen atoms in total. The van der Waals surface area contributed by atoms with Crippen molar-refractivity contribution in [2.24, 2.45) is 5.92 Å². The van der Waals surface area contributed by atoms with E-state index in [0.717, 1.165) is 23.6 Å². The van der Waals surface area contributed by atoms with Gasteiger partial charge < -0.3 is 0 Å². The molecule has 0 N–H and O–H groups in total. The molecule has 0 spiro atoms. The number of hydrogen-bond acceptors (Lipinski definition) is 0. The van der Waals surface area contributed by atoms with Crippen LogP contribution < -0.4 is 0 Å². The van der Waals surface area contributed by atoms with E-state index in [0.29, 0.717) is 0 Å². The van der Waals surface area contributed by atoms with Gasteiger partial charge >= 0.3 is 0 Å². The predicted molar refractivity (Wildman–Crippen MR) is 69.5 cm³/mol. The Balaban J connectivity index is 1.96. The molecule has 0 aromatic heterocycles. The van der Waals surface area contributed by atoms with Gasteiger partial charge in [0, 0.05) is 5.33 Å². The van der Waals surface area contributed by atoms with Crippen molar-refractivity contribution in [3.05, 3.63) is 47.5 Å². The van der Waals surface area contributed by atoms with Crippen molar-refractivity contribution in [3.63, 3.8) is 0 Å². The molecule has 0 aliphatic heterocycles. The van der Waals surface area contributed by atoms with Gasteiger partial charge in [-0.25, -0.2) is 0 Å². The van der Waals surface area contributed by atoms with Gasteiger partial charge in [-0.1, -0.05) is 57.9 Å². The van der Waals surface area contributed by atoms with Crippen LogP contribution in [0, 0.1) is 5.92 Å². The number of hydrogen-bond donors (Lipinski definition) is 0. The van der Waals surface area contributed by atoms with Gasteiger partial charge in [0.25, 0.3) is 0 Å². The summed E-state index contributed by atoms with van der Waals surface area (Å²) in [5.74, 6) is 1.60. The van der Waals surface area contributed by atoms with E-state index in [1.807, 2.05) is 0 Å². The van der Waals surface area contributed by atoms with Crippen LogP contribution in [-0.4, -0.2) is 5.33 Å². The van der Waals surface area contributed by atoms with Gasteiger partial charge in [0.05, 0.1) is 0 Å². The predicted octanol–water partition coefficient (Wildman–Crippen LogP) is 4.52. The fourth-order valence-electron chi connectivity index (χ4n) is 2.20. The third-order valence-corrected chi connectivity index (χ3v) is 3.64. The Bertz CT molecular complexity index is 340. The molecule has 1 aromatic carbocycles. The number of halogens is 1. The highest BCUT2D eigenvalue weighted by atomic mass is 79.9. The maximum Gasteiger partial charge on any atom is 0.00660 e. The maximum absolute atomic E-state index is 3.46. The monoisotopic (exact) mass is 264 g/mol.